The van der Waals surface area contributed by atoms with E-state index in [0.717, 1.165) is 32.0 Å². The van der Waals surface area contributed by atoms with Gasteiger partial charge in [-0.3, -0.25) is 0 Å². The first kappa shape index (κ1) is 10.0. The van der Waals surface area contributed by atoms with Crippen LogP contribution in [0.2, 0.25) is 0 Å². The highest BCUT2D eigenvalue weighted by molar-refractivity contribution is 4.61. The van der Waals surface area contributed by atoms with Crippen LogP contribution in [-0.4, -0.2) is 19.5 Å². The lowest BCUT2D eigenvalue weighted by molar-refractivity contribution is -0.173. The molecule has 1 fully saturated rings. The van der Waals surface area contributed by atoms with Crippen molar-refractivity contribution in [1.29, 1.82) is 0 Å². The fourth-order valence-corrected chi connectivity index (χ4v) is 1.39. The van der Waals surface area contributed by atoms with Crippen molar-refractivity contribution in [1.82, 2.24) is 0 Å². The van der Waals surface area contributed by atoms with Crippen LogP contribution in [0.15, 0.2) is 0 Å². The molecule has 0 aromatic rings. The minimum Gasteiger partial charge on any atom is -0.353 e. The zero-order valence-corrected chi connectivity index (χ0v) is 8.21. The Morgan fingerprint density at radius 1 is 1.50 bits per heavy atom. The van der Waals surface area contributed by atoms with Crippen molar-refractivity contribution in [2.24, 2.45) is 5.92 Å². The molecular weight excluding hydrogens is 152 g/mol. The smallest absolute Gasteiger partial charge is 0.157 e. The molecule has 0 N–H and O–H groups in total. The number of ether oxygens (including phenoxy) is 2. The summed E-state index contributed by atoms with van der Waals surface area (Å²) in [6.07, 6.45) is 4.69. The van der Waals surface area contributed by atoms with E-state index in [1.807, 2.05) is 0 Å². The molecule has 0 radical (unpaired) electrons. The molecule has 2 unspecified atom stereocenters. The predicted octanol–water partition coefficient (Wildman–Crippen LogP) is 2.58. The first-order valence-electron chi connectivity index (χ1n) is 5.06. The largest absolute Gasteiger partial charge is 0.353 e. The molecule has 1 rings (SSSR count). The normalized spacial score (nSPS) is 30.5. The van der Waals surface area contributed by atoms with Crippen molar-refractivity contribution >= 4 is 0 Å². The Morgan fingerprint density at radius 3 is 3.00 bits per heavy atom. The van der Waals surface area contributed by atoms with Crippen LogP contribution in [0.3, 0.4) is 0 Å². The Bertz CT molecular complexity index is 114. The van der Waals surface area contributed by atoms with Gasteiger partial charge >= 0.3 is 0 Å². The van der Waals surface area contributed by atoms with E-state index in [9.17, 15) is 0 Å². The maximum absolute atomic E-state index is 5.57. The molecule has 1 aliphatic rings. The van der Waals surface area contributed by atoms with Crippen molar-refractivity contribution in [2.75, 3.05) is 13.2 Å². The number of unbranched alkanes of at least 4 members (excludes halogenated alkanes) is 1. The zero-order valence-electron chi connectivity index (χ0n) is 8.21. The summed E-state index contributed by atoms with van der Waals surface area (Å²) in [5, 5.41) is 0. The van der Waals surface area contributed by atoms with Gasteiger partial charge in [0.2, 0.25) is 0 Å². The van der Waals surface area contributed by atoms with Crippen LogP contribution in [0.25, 0.3) is 0 Å². The maximum atomic E-state index is 5.57. The molecule has 0 aliphatic carbocycles. The second-order valence-electron chi connectivity index (χ2n) is 3.65. The van der Waals surface area contributed by atoms with Crippen molar-refractivity contribution < 1.29 is 9.47 Å². The lowest BCUT2D eigenvalue weighted by Crippen LogP contribution is -2.27. The fourth-order valence-electron chi connectivity index (χ4n) is 1.39. The van der Waals surface area contributed by atoms with Crippen molar-refractivity contribution in [3.8, 4) is 0 Å². The monoisotopic (exact) mass is 172 g/mol. The lowest BCUT2D eigenvalue weighted by Gasteiger charge is -2.27. The van der Waals surface area contributed by atoms with E-state index in [2.05, 4.69) is 13.8 Å². The van der Waals surface area contributed by atoms with Crippen LogP contribution < -0.4 is 0 Å². The van der Waals surface area contributed by atoms with Gasteiger partial charge in [-0.25, -0.2) is 0 Å². The third kappa shape index (κ3) is 3.55. The quantitative estimate of drug-likeness (QED) is 0.607. The van der Waals surface area contributed by atoms with Crippen LogP contribution in [0.1, 0.15) is 39.5 Å². The summed E-state index contributed by atoms with van der Waals surface area (Å²) in [6.45, 7) is 6.16. The van der Waals surface area contributed by atoms with Gasteiger partial charge in [-0.05, 0) is 18.8 Å². The standard InChI is InChI=1S/C10H20O2/c1-3-4-6-11-10-8-9(2)5-7-12-10/h9-10H,3-8H2,1-2H3. The summed E-state index contributed by atoms with van der Waals surface area (Å²) in [5.41, 5.74) is 0. The first-order valence-corrected chi connectivity index (χ1v) is 5.06. The Hall–Kier alpha value is -0.0800. The highest BCUT2D eigenvalue weighted by Gasteiger charge is 2.19. The van der Waals surface area contributed by atoms with Gasteiger partial charge in [0.15, 0.2) is 6.29 Å². The van der Waals surface area contributed by atoms with Gasteiger partial charge in [-0.15, -0.1) is 0 Å². The molecule has 0 saturated carbocycles. The summed E-state index contributed by atoms with van der Waals surface area (Å²) in [6, 6.07) is 0. The van der Waals surface area contributed by atoms with E-state index in [1.165, 1.54) is 12.8 Å². The third-order valence-electron chi connectivity index (χ3n) is 2.31. The molecule has 2 atom stereocenters. The Morgan fingerprint density at radius 2 is 2.33 bits per heavy atom. The number of rotatable bonds is 4. The van der Waals surface area contributed by atoms with Gasteiger partial charge in [0, 0.05) is 19.6 Å². The molecule has 0 spiro atoms. The molecule has 12 heavy (non-hydrogen) atoms. The molecule has 1 heterocycles. The van der Waals surface area contributed by atoms with Crippen LogP contribution in [0.4, 0.5) is 0 Å². The number of hydrogen-bond donors (Lipinski definition) is 0. The van der Waals surface area contributed by atoms with E-state index < -0.39 is 0 Å². The second-order valence-corrected chi connectivity index (χ2v) is 3.65. The van der Waals surface area contributed by atoms with E-state index in [4.69, 9.17) is 9.47 Å². The van der Waals surface area contributed by atoms with E-state index in [1.54, 1.807) is 0 Å². The second kappa shape index (κ2) is 5.55. The van der Waals surface area contributed by atoms with Crippen molar-refractivity contribution in [3.05, 3.63) is 0 Å². The molecular formula is C10H20O2. The van der Waals surface area contributed by atoms with Gasteiger partial charge in [-0.2, -0.15) is 0 Å². The predicted molar refractivity (Wildman–Crippen MR) is 49.0 cm³/mol. The minimum absolute atomic E-state index is 0.0836. The summed E-state index contributed by atoms with van der Waals surface area (Å²) < 4.78 is 11.0. The van der Waals surface area contributed by atoms with Gasteiger partial charge in [-0.1, -0.05) is 20.3 Å². The van der Waals surface area contributed by atoms with Crippen LogP contribution in [-0.2, 0) is 9.47 Å². The summed E-state index contributed by atoms with van der Waals surface area (Å²) >= 11 is 0. The van der Waals surface area contributed by atoms with Gasteiger partial charge < -0.3 is 9.47 Å². The molecule has 0 aromatic heterocycles. The lowest BCUT2D eigenvalue weighted by atomic mass is 10.0. The van der Waals surface area contributed by atoms with E-state index >= 15 is 0 Å². The first-order chi connectivity index (χ1) is 5.83. The van der Waals surface area contributed by atoms with Crippen molar-refractivity contribution in [2.45, 2.75) is 45.8 Å². The molecule has 1 aliphatic heterocycles. The summed E-state index contributed by atoms with van der Waals surface area (Å²) in [4.78, 5) is 0. The van der Waals surface area contributed by atoms with E-state index in [0.29, 0.717) is 0 Å². The van der Waals surface area contributed by atoms with Crippen molar-refractivity contribution in [3.63, 3.8) is 0 Å². The highest BCUT2D eigenvalue weighted by atomic mass is 16.7. The molecule has 0 aromatic carbocycles. The molecule has 2 nitrogen and oxygen atoms in total. The molecule has 0 amide bonds. The summed E-state index contributed by atoms with van der Waals surface area (Å²) in [5.74, 6) is 0.769. The van der Waals surface area contributed by atoms with Crippen LogP contribution in [0.5, 0.6) is 0 Å². The Kier molecular flexibility index (Phi) is 4.62. The SMILES string of the molecule is CCCCOC1CC(C)CCO1. The molecule has 1 saturated heterocycles. The van der Waals surface area contributed by atoms with Gasteiger partial charge in [0.25, 0.3) is 0 Å². The summed E-state index contributed by atoms with van der Waals surface area (Å²) in [7, 11) is 0. The average molecular weight is 172 g/mol. The maximum Gasteiger partial charge on any atom is 0.157 e. The third-order valence-corrected chi connectivity index (χ3v) is 2.31. The minimum atomic E-state index is 0.0836. The Balaban J connectivity index is 2.06. The van der Waals surface area contributed by atoms with E-state index in [-0.39, 0.29) is 6.29 Å². The molecule has 0 bridgehead atoms. The Labute approximate surface area is 75.2 Å². The van der Waals surface area contributed by atoms with Gasteiger partial charge in [0.1, 0.15) is 0 Å². The fraction of sp³-hybridized carbons (Fsp3) is 1.00. The molecule has 72 valence electrons. The highest BCUT2D eigenvalue weighted by Crippen LogP contribution is 2.20. The number of hydrogen-bond acceptors (Lipinski definition) is 2. The molecule has 2 heteroatoms. The average Bonchev–Trinajstić information content (AvgIpc) is 2.05. The topological polar surface area (TPSA) is 18.5 Å². The van der Waals surface area contributed by atoms with Gasteiger partial charge in [0.05, 0.1) is 0 Å². The van der Waals surface area contributed by atoms with Crippen LogP contribution >= 0.6 is 0 Å². The zero-order chi connectivity index (χ0) is 8.81. The van der Waals surface area contributed by atoms with Crippen LogP contribution in [0, 0.1) is 5.92 Å².